The number of hydrogen-bond acceptors (Lipinski definition) is 6. The molecule has 7 heteroatoms. The van der Waals surface area contributed by atoms with Gasteiger partial charge in [-0.05, 0) is 25.0 Å². The summed E-state index contributed by atoms with van der Waals surface area (Å²) in [4.78, 5) is 16.3. The maximum atomic E-state index is 12.0. The van der Waals surface area contributed by atoms with Gasteiger partial charge in [0.05, 0.1) is 0 Å². The molecule has 1 aliphatic rings. The lowest BCUT2D eigenvalue weighted by molar-refractivity contribution is -0.116. The van der Waals surface area contributed by atoms with Gasteiger partial charge in [0.2, 0.25) is 11.0 Å². The SMILES string of the molecule is O=C(CCc1nc2ccccc2o1)Nc1nnc(C2CC2)s1. The molecule has 0 atom stereocenters. The van der Waals surface area contributed by atoms with E-state index in [0.29, 0.717) is 29.8 Å². The fourth-order valence-corrected chi connectivity index (χ4v) is 3.14. The molecule has 112 valence electrons. The second-order valence-corrected chi connectivity index (χ2v) is 6.35. The van der Waals surface area contributed by atoms with Crippen molar-refractivity contribution in [1.82, 2.24) is 15.2 Å². The summed E-state index contributed by atoms with van der Waals surface area (Å²) in [6, 6.07) is 7.57. The van der Waals surface area contributed by atoms with Crippen molar-refractivity contribution >= 4 is 33.5 Å². The number of oxazole rings is 1. The first-order valence-electron chi connectivity index (χ1n) is 7.25. The van der Waals surface area contributed by atoms with E-state index in [9.17, 15) is 4.79 Å². The fourth-order valence-electron chi connectivity index (χ4n) is 2.21. The van der Waals surface area contributed by atoms with Gasteiger partial charge in [0.25, 0.3) is 0 Å². The van der Waals surface area contributed by atoms with Crippen LogP contribution in [0.3, 0.4) is 0 Å². The highest BCUT2D eigenvalue weighted by Crippen LogP contribution is 2.42. The van der Waals surface area contributed by atoms with Gasteiger partial charge in [-0.1, -0.05) is 23.5 Å². The highest BCUT2D eigenvalue weighted by Gasteiger charge is 2.27. The number of benzene rings is 1. The number of para-hydroxylation sites is 2. The van der Waals surface area contributed by atoms with Crippen LogP contribution in [0.25, 0.3) is 11.1 Å². The highest BCUT2D eigenvalue weighted by molar-refractivity contribution is 7.15. The Hall–Kier alpha value is -2.28. The molecule has 1 fully saturated rings. The van der Waals surface area contributed by atoms with Gasteiger partial charge >= 0.3 is 0 Å². The average Bonchev–Trinajstić information content (AvgIpc) is 3.12. The van der Waals surface area contributed by atoms with Gasteiger partial charge in [-0.2, -0.15) is 0 Å². The van der Waals surface area contributed by atoms with Crippen molar-refractivity contribution in [3.8, 4) is 0 Å². The first-order chi connectivity index (χ1) is 10.8. The van der Waals surface area contributed by atoms with E-state index in [1.54, 1.807) is 0 Å². The number of aryl methyl sites for hydroxylation is 1. The maximum absolute atomic E-state index is 12.0. The second-order valence-electron chi connectivity index (χ2n) is 5.34. The lowest BCUT2D eigenvalue weighted by Gasteiger charge is -1.98. The number of hydrogen-bond donors (Lipinski definition) is 1. The van der Waals surface area contributed by atoms with E-state index >= 15 is 0 Å². The fraction of sp³-hybridized carbons (Fsp3) is 0.333. The summed E-state index contributed by atoms with van der Waals surface area (Å²) in [6.45, 7) is 0. The minimum atomic E-state index is -0.0965. The van der Waals surface area contributed by atoms with Crippen LogP contribution >= 0.6 is 11.3 Å². The van der Waals surface area contributed by atoms with Gasteiger partial charge in [-0.3, -0.25) is 4.79 Å². The van der Waals surface area contributed by atoms with Gasteiger partial charge in [-0.15, -0.1) is 10.2 Å². The molecule has 1 amide bonds. The zero-order valence-electron chi connectivity index (χ0n) is 11.8. The molecule has 1 aromatic carbocycles. The molecule has 1 N–H and O–H groups in total. The molecule has 0 spiro atoms. The molecule has 4 rings (SSSR count). The quantitative estimate of drug-likeness (QED) is 0.782. The molecule has 6 nitrogen and oxygen atoms in total. The van der Waals surface area contributed by atoms with E-state index in [2.05, 4.69) is 20.5 Å². The monoisotopic (exact) mass is 314 g/mol. The van der Waals surface area contributed by atoms with E-state index in [0.717, 1.165) is 16.1 Å². The van der Waals surface area contributed by atoms with Crippen molar-refractivity contribution in [1.29, 1.82) is 0 Å². The lowest BCUT2D eigenvalue weighted by Crippen LogP contribution is -2.12. The van der Waals surface area contributed by atoms with Crippen LogP contribution in [0.15, 0.2) is 28.7 Å². The van der Waals surface area contributed by atoms with Crippen molar-refractivity contribution < 1.29 is 9.21 Å². The smallest absolute Gasteiger partial charge is 0.226 e. The maximum Gasteiger partial charge on any atom is 0.226 e. The molecule has 0 aliphatic heterocycles. The number of carbonyl (C=O) groups excluding carboxylic acids is 1. The standard InChI is InChI=1S/C15H14N4O2S/c20-12(17-15-19-18-14(22-15)9-5-6-9)7-8-13-16-10-3-1-2-4-11(10)21-13/h1-4,9H,5-8H2,(H,17,19,20). The molecule has 0 unspecified atom stereocenters. The van der Waals surface area contributed by atoms with Crippen LogP contribution in [0.1, 0.15) is 36.1 Å². The van der Waals surface area contributed by atoms with Gasteiger partial charge in [-0.25, -0.2) is 4.98 Å². The third kappa shape index (κ3) is 2.85. The molecular weight excluding hydrogens is 300 g/mol. The van der Waals surface area contributed by atoms with Gasteiger partial charge in [0, 0.05) is 18.8 Å². The highest BCUT2D eigenvalue weighted by atomic mass is 32.1. The topological polar surface area (TPSA) is 80.9 Å². The van der Waals surface area contributed by atoms with Crippen LogP contribution in [-0.4, -0.2) is 21.1 Å². The van der Waals surface area contributed by atoms with Crippen LogP contribution in [0.5, 0.6) is 0 Å². The Morgan fingerprint density at radius 1 is 1.32 bits per heavy atom. The molecule has 0 bridgehead atoms. The Kier molecular flexibility index (Phi) is 3.34. The van der Waals surface area contributed by atoms with Gasteiger partial charge < -0.3 is 9.73 Å². The summed E-state index contributed by atoms with van der Waals surface area (Å²) in [6.07, 6.45) is 3.14. The number of carbonyl (C=O) groups is 1. The van der Waals surface area contributed by atoms with Crippen molar-refractivity contribution in [2.45, 2.75) is 31.6 Å². The summed E-state index contributed by atoms with van der Waals surface area (Å²) < 4.78 is 5.60. The Balaban J connectivity index is 1.35. The zero-order valence-corrected chi connectivity index (χ0v) is 12.6. The number of rotatable bonds is 5. The molecule has 1 saturated carbocycles. The summed E-state index contributed by atoms with van der Waals surface area (Å²) in [5.74, 6) is 1.04. The first-order valence-corrected chi connectivity index (χ1v) is 8.07. The Morgan fingerprint density at radius 2 is 2.18 bits per heavy atom. The summed E-state index contributed by atoms with van der Waals surface area (Å²) in [5.41, 5.74) is 1.56. The van der Waals surface area contributed by atoms with E-state index in [1.165, 1.54) is 24.2 Å². The molecule has 2 aromatic heterocycles. The summed E-state index contributed by atoms with van der Waals surface area (Å²) >= 11 is 1.46. The predicted octanol–water partition coefficient (Wildman–Crippen LogP) is 3.13. The van der Waals surface area contributed by atoms with Crippen LogP contribution < -0.4 is 5.32 Å². The van der Waals surface area contributed by atoms with Gasteiger partial charge in [0.15, 0.2) is 11.5 Å². The minimum Gasteiger partial charge on any atom is -0.441 e. The van der Waals surface area contributed by atoms with Crippen LogP contribution in [0.2, 0.25) is 0 Å². The van der Waals surface area contributed by atoms with Crippen molar-refractivity contribution in [3.05, 3.63) is 35.2 Å². The largest absolute Gasteiger partial charge is 0.441 e. The Bertz CT molecular complexity index is 789. The van der Waals surface area contributed by atoms with E-state index in [4.69, 9.17) is 4.42 Å². The number of aromatic nitrogens is 3. The molecule has 0 saturated heterocycles. The number of amides is 1. The molecule has 0 radical (unpaired) electrons. The molecular formula is C15H14N4O2S. The van der Waals surface area contributed by atoms with Crippen molar-refractivity contribution in [3.63, 3.8) is 0 Å². The summed E-state index contributed by atoms with van der Waals surface area (Å²) in [5, 5.41) is 12.5. The summed E-state index contributed by atoms with van der Waals surface area (Å²) in [7, 11) is 0. The average molecular weight is 314 g/mol. The third-order valence-electron chi connectivity index (χ3n) is 3.52. The van der Waals surface area contributed by atoms with Crippen LogP contribution in [0, 0.1) is 0 Å². The second kappa shape index (κ2) is 5.49. The van der Waals surface area contributed by atoms with Crippen molar-refractivity contribution in [2.75, 3.05) is 5.32 Å². The van der Waals surface area contributed by atoms with E-state index in [1.807, 2.05) is 24.3 Å². The van der Waals surface area contributed by atoms with Crippen molar-refractivity contribution in [2.24, 2.45) is 0 Å². The van der Waals surface area contributed by atoms with Crippen LogP contribution in [-0.2, 0) is 11.2 Å². The van der Waals surface area contributed by atoms with Gasteiger partial charge in [0.1, 0.15) is 10.5 Å². The predicted molar refractivity (Wildman–Crippen MR) is 82.8 cm³/mol. The molecule has 22 heavy (non-hydrogen) atoms. The number of nitrogens with zero attached hydrogens (tertiary/aromatic N) is 3. The van der Waals surface area contributed by atoms with E-state index in [-0.39, 0.29) is 5.91 Å². The third-order valence-corrected chi connectivity index (χ3v) is 4.52. The van der Waals surface area contributed by atoms with Crippen LogP contribution in [0.4, 0.5) is 5.13 Å². The molecule has 1 aliphatic carbocycles. The minimum absolute atomic E-state index is 0.0965. The normalized spacial score (nSPS) is 14.4. The first kappa shape index (κ1) is 13.4. The molecule has 2 heterocycles. The zero-order chi connectivity index (χ0) is 14.9. The number of anilines is 1. The Labute approximate surface area is 130 Å². The number of fused-ring (bicyclic) bond motifs is 1. The Morgan fingerprint density at radius 3 is 3.00 bits per heavy atom. The number of nitrogens with one attached hydrogen (secondary N) is 1. The lowest BCUT2D eigenvalue weighted by atomic mass is 10.3. The molecule has 3 aromatic rings. The van der Waals surface area contributed by atoms with E-state index < -0.39 is 0 Å².